The summed E-state index contributed by atoms with van der Waals surface area (Å²) < 4.78 is 69.2. The lowest BCUT2D eigenvalue weighted by Crippen LogP contribution is -2.48. The van der Waals surface area contributed by atoms with Gasteiger partial charge in [0.25, 0.3) is 0 Å². The molecule has 3 rings (SSSR count). The molecule has 37 heavy (non-hydrogen) atoms. The molecule has 2 aromatic carbocycles. The number of benzene rings is 2. The van der Waals surface area contributed by atoms with Gasteiger partial charge in [-0.1, -0.05) is 6.07 Å². The van der Waals surface area contributed by atoms with Gasteiger partial charge in [0.2, 0.25) is 26.0 Å². The molecule has 1 unspecified atom stereocenters. The van der Waals surface area contributed by atoms with Crippen LogP contribution in [0.4, 0.5) is 5.69 Å². The van der Waals surface area contributed by atoms with Crippen molar-refractivity contribution in [3.8, 4) is 11.5 Å². The maximum Gasteiger partial charge on any atom is 0.243 e. The van der Waals surface area contributed by atoms with E-state index in [4.69, 9.17) is 14.2 Å². The van der Waals surface area contributed by atoms with E-state index in [1.54, 1.807) is 30.3 Å². The molecular formula is C24H33N3O8S2. The predicted molar refractivity (Wildman–Crippen MR) is 139 cm³/mol. The third-order valence-electron chi connectivity index (χ3n) is 5.76. The minimum absolute atomic E-state index is 0.0979. The zero-order valence-corrected chi connectivity index (χ0v) is 23.0. The first-order chi connectivity index (χ1) is 17.4. The largest absolute Gasteiger partial charge is 0.495 e. The Balaban J connectivity index is 1.58. The van der Waals surface area contributed by atoms with Crippen molar-refractivity contribution in [3.05, 3.63) is 48.0 Å². The summed E-state index contributed by atoms with van der Waals surface area (Å²) in [5.41, 5.74) is 1.09. The first-order valence-electron chi connectivity index (χ1n) is 11.7. The minimum atomic E-state index is -3.81. The number of morpholine rings is 1. The van der Waals surface area contributed by atoms with Gasteiger partial charge in [0.05, 0.1) is 43.7 Å². The van der Waals surface area contributed by atoms with Gasteiger partial charge in [-0.15, -0.1) is 0 Å². The van der Waals surface area contributed by atoms with Crippen molar-refractivity contribution in [2.75, 3.05) is 57.1 Å². The second kappa shape index (κ2) is 12.1. The van der Waals surface area contributed by atoms with Crippen LogP contribution in [0.1, 0.15) is 12.5 Å². The maximum atomic E-state index is 12.8. The third-order valence-corrected chi connectivity index (χ3v) is 8.90. The Morgan fingerprint density at radius 3 is 2.35 bits per heavy atom. The topological polar surface area (TPSA) is 132 Å². The molecule has 0 aliphatic carbocycles. The van der Waals surface area contributed by atoms with Crippen LogP contribution >= 0.6 is 0 Å². The number of nitrogens with one attached hydrogen (secondary N) is 1. The zero-order valence-electron chi connectivity index (χ0n) is 21.3. The Hall–Kier alpha value is -2.87. The standard InChI is InChI=1S/C24H33N3O8S2/c1-18-5-10-23(33-3)22(17-18)27(36(4,29)30)19(2)24(28)25-11-14-35-20-6-8-21(9-7-20)37(31,32)26-12-15-34-16-13-26/h5-10,17,19H,11-16H2,1-4H3,(H,25,28). The molecule has 1 aliphatic heterocycles. The van der Waals surface area contributed by atoms with Crippen molar-refractivity contribution in [1.82, 2.24) is 9.62 Å². The lowest BCUT2D eigenvalue weighted by atomic mass is 10.2. The molecule has 1 heterocycles. The SMILES string of the molecule is COc1ccc(C)cc1N(C(C)C(=O)NCCOc1ccc(S(=O)(=O)N2CCOCC2)cc1)S(C)(=O)=O. The van der Waals surface area contributed by atoms with Crippen molar-refractivity contribution >= 4 is 31.6 Å². The molecule has 0 saturated carbocycles. The van der Waals surface area contributed by atoms with Gasteiger partial charge in [-0.2, -0.15) is 4.31 Å². The summed E-state index contributed by atoms with van der Waals surface area (Å²) in [5, 5.41) is 2.68. The van der Waals surface area contributed by atoms with Crippen LogP contribution in [0, 0.1) is 6.92 Å². The van der Waals surface area contributed by atoms with E-state index in [9.17, 15) is 21.6 Å². The second-order valence-corrected chi connectivity index (χ2v) is 12.3. The molecule has 0 spiro atoms. The number of hydrogen-bond donors (Lipinski definition) is 1. The van der Waals surface area contributed by atoms with E-state index in [1.807, 2.05) is 6.92 Å². The van der Waals surface area contributed by atoms with Crippen LogP contribution in [-0.4, -0.2) is 85.9 Å². The lowest BCUT2D eigenvalue weighted by Gasteiger charge is -2.29. The normalized spacial score (nSPS) is 15.6. The van der Waals surface area contributed by atoms with Gasteiger partial charge in [0, 0.05) is 13.1 Å². The fourth-order valence-corrected chi connectivity index (χ4v) is 6.47. The highest BCUT2D eigenvalue weighted by molar-refractivity contribution is 7.92. The number of carbonyl (C=O) groups is 1. The van der Waals surface area contributed by atoms with E-state index < -0.39 is 32.0 Å². The highest BCUT2D eigenvalue weighted by atomic mass is 32.2. The van der Waals surface area contributed by atoms with E-state index in [1.165, 1.54) is 30.5 Å². The number of methoxy groups -OCH3 is 1. The Morgan fingerprint density at radius 2 is 1.76 bits per heavy atom. The summed E-state index contributed by atoms with van der Waals surface area (Å²) in [7, 11) is -5.97. The number of rotatable bonds is 11. The molecule has 0 radical (unpaired) electrons. The quantitative estimate of drug-likeness (QED) is 0.412. The monoisotopic (exact) mass is 555 g/mol. The first kappa shape index (κ1) is 28.7. The Kier molecular flexibility index (Phi) is 9.40. The molecule has 1 atom stereocenters. The van der Waals surface area contributed by atoms with Crippen LogP contribution in [0.15, 0.2) is 47.4 Å². The third kappa shape index (κ3) is 7.12. The summed E-state index contributed by atoms with van der Waals surface area (Å²) >= 11 is 0. The number of carbonyl (C=O) groups excluding carboxylic acids is 1. The van der Waals surface area contributed by atoms with Crippen LogP contribution < -0.4 is 19.1 Å². The van der Waals surface area contributed by atoms with Gasteiger partial charge < -0.3 is 19.5 Å². The average molecular weight is 556 g/mol. The van der Waals surface area contributed by atoms with Crippen LogP contribution in [0.25, 0.3) is 0 Å². The molecule has 204 valence electrons. The highest BCUT2D eigenvalue weighted by Gasteiger charge is 2.31. The summed E-state index contributed by atoms with van der Waals surface area (Å²) in [6, 6.07) is 10.1. The average Bonchev–Trinajstić information content (AvgIpc) is 2.86. The molecule has 11 nitrogen and oxygen atoms in total. The van der Waals surface area contributed by atoms with Crippen molar-refractivity contribution < 1.29 is 35.8 Å². The van der Waals surface area contributed by atoms with Crippen LogP contribution in [0.2, 0.25) is 0 Å². The van der Waals surface area contributed by atoms with Crippen molar-refractivity contribution in [1.29, 1.82) is 0 Å². The molecule has 1 amide bonds. The van der Waals surface area contributed by atoms with E-state index in [-0.39, 0.29) is 23.7 Å². The maximum absolute atomic E-state index is 12.8. The van der Waals surface area contributed by atoms with Crippen LogP contribution in [-0.2, 0) is 29.6 Å². The number of sulfonamides is 2. The smallest absolute Gasteiger partial charge is 0.243 e. The molecule has 0 bridgehead atoms. The fourth-order valence-electron chi connectivity index (χ4n) is 3.89. The molecular weight excluding hydrogens is 522 g/mol. The van der Waals surface area contributed by atoms with E-state index in [0.717, 1.165) is 16.1 Å². The molecule has 1 fully saturated rings. The van der Waals surface area contributed by atoms with E-state index in [0.29, 0.717) is 37.8 Å². The summed E-state index contributed by atoms with van der Waals surface area (Å²) in [6.07, 6.45) is 1.03. The van der Waals surface area contributed by atoms with Gasteiger partial charge in [-0.05, 0) is 55.8 Å². The van der Waals surface area contributed by atoms with Crippen molar-refractivity contribution in [3.63, 3.8) is 0 Å². The second-order valence-electron chi connectivity index (χ2n) is 8.54. The fraction of sp³-hybridized carbons (Fsp3) is 0.458. The molecule has 1 aliphatic rings. The first-order valence-corrected chi connectivity index (χ1v) is 15.0. The number of anilines is 1. The van der Waals surface area contributed by atoms with Crippen molar-refractivity contribution in [2.24, 2.45) is 0 Å². The number of nitrogens with zero attached hydrogens (tertiary/aromatic N) is 2. The lowest BCUT2D eigenvalue weighted by molar-refractivity contribution is -0.121. The number of ether oxygens (including phenoxy) is 3. The molecule has 1 N–H and O–H groups in total. The summed E-state index contributed by atoms with van der Waals surface area (Å²) in [4.78, 5) is 13.0. The van der Waals surface area contributed by atoms with Gasteiger partial charge in [0.15, 0.2) is 0 Å². The van der Waals surface area contributed by atoms with Crippen molar-refractivity contribution in [2.45, 2.75) is 24.8 Å². The van der Waals surface area contributed by atoms with Crippen LogP contribution in [0.5, 0.6) is 11.5 Å². The predicted octanol–water partition coefficient (Wildman–Crippen LogP) is 1.37. The molecule has 1 saturated heterocycles. The van der Waals surface area contributed by atoms with Gasteiger partial charge in [-0.25, -0.2) is 16.8 Å². The Bertz CT molecular complexity index is 1290. The number of hydrogen-bond acceptors (Lipinski definition) is 8. The van der Waals surface area contributed by atoms with E-state index >= 15 is 0 Å². The van der Waals surface area contributed by atoms with E-state index in [2.05, 4.69) is 5.32 Å². The zero-order chi connectivity index (χ0) is 27.2. The molecule has 13 heteroatoms. The number of aryl methyl sites for hydroxylation is 1. The summed E-state index contributed by atoms with van der Waals surface area (Å²) in [5.74, 6) is 0.258. The Labute approximate surface area is 218 Å². The molecule has 0 aromatic heterocycles. The summed E-state index contributed by atoms with van der Waals surface area (Å²) in [6.45, 7) is 4.87. The van der Waals surface area contributed by atoms with Gasteiger partial charge in [0.1, 0.15) is 24.1 Å². The number of amides is 1. The Morgan fingerprint density at radius 1 is 1.11 bits per heavy atom. The molecule has 2 aromatic rings. The van der Waals surface area contributed by atoms with Crippen LogP contribution in [0.3, 0.4) is 0 Å². The van der Waals surface area contributed by atoms with Gasteiger partial charge in [-0.3, -0.25) is 9.10 Å². The minimum Gasteiger partial charge on any atom is -0.495 e. The highest BCUT2D eigenvalue weighted by Crippen LogP contribution is 2.32. The van der Waals surface area contributed by atoms with Gasteiger partial charge >= 0.3 is 0 Å².